The standard InChI is InChI=1S/C32H43N7O4/c1-22-18-23(20-34-29(22)33)19-28(30(40)38-16-11-26(21-38)36-12-4-5-13-36)43-32(42)37-14-9-25(10-15-37)39-17-8-24-6-2-3-7-27(24)35-31(39)41/h2-3,6-7,18,20,25-26,28H,4-5,8-17,19,21H2,1H3,(H2,33,34)(H,35,41). The molecule has 3 fully saturated rings. The topological polar surface area (TPSA) is 124 Å². The predicted molar refractivity (Wildman–Crippen MR) is 164 cm³/mol. The van der Waals surface area contributed by atoms with Gasteiger partial charge in [0.15, 0.2) is 6.10 Å². The first-order chi connectivity index (χ1) is 20.9. The van der Waals surface area contributed by atoms with E-state index in [2.05, 4.69) is 15.2 Å². The number of nitrogens with zero attached hydrogens (tertiary/aromatic N) is 5. The van der Waals surface area contributed by atoms with Crippen molar-refractivity contribution in [3.8, 4) is 0 Å². The number of nitrogens with two attached hydrogens (primary N) is 1. The molecule has 0 bridgehead atoms. The third kappa shape index (κ3) is 6.56. The minimum absolute atomic E-state index is 0.0340. The number of para-hydroxylation sites is 1. The first-order valence-corrected chi connectivity index (χ1v) is 15.7. The number of ether oxygens (including phenoxy) is 1. The Bertz CT molecular complexity index is 1340. The number of nitrogens with one attached hydrogen (secondary N) is 1. The van der Waals surface area contributed by atoms with Gasteiger partial charge in [-0.05, 0) is 81.3 Å². The lowest BCUT2D eigenvalue weighted by molar-refractivity contribution is -0.140. The van der Waals surface area contributed by atoms with Crippen molar-refractivity contribution >= 4 is 29.5 Å². The van der Waals surface area contributed by atoms with Gasteiger partial charge in [-0.15, -0.1) is 0 Å². The number of hydrogen-bond donors (Lipinski definition) is 2. The van der Waals surface area contributed by atoms with Crippen LogP contribution in [0.3, 0.4) is 0 Å². The fraction of sp³-hybridized carbons (Fsp3) is 0.562. The van der Waals surface area contributed by atoms with Gasteiger partial charge in [0.2, 0.25) is 0 Å². The second-order valence-corrected chi connectivity index (χ2v) is 12.3. The number of anilines is 2. The fourth-order valence-corrected chi connectivity index (χ4v) is 6.99. The van der Waals surface area contributed by atoms with Crippen LogP contribution in [-0.2, 0) is 22.4 Å². The van der Waals surface area contributed by atoms with Crippen LogP contribution in [-0.4, -0.2) is 107 Å². The first kappa shape index (κ1) is 29.2. The second kappa shape index (κ2) is 12.8. The van der Waals surface area contributed by atoms with Crippen molar-refractivity contribution in [2.75, 3.05) is 56.9 Å². The highest BCUT2D eigenvalue weighted by Crippen LogP contribution is 2.26. The lowest BCUT2D eigenvalue weighted by Gasteiger charge is -2.38. The highest BCUT2D eigenvalue weighted by Gasteiger charge is 2.38. The number of rotatable bonds is 6. The maximum atomic E-state index is 13.8. The maximum Gasteiger partial charge on any atom is 0.410 e. The van der Waals surface area contributed by atoms with Crippen molar-refractivity contribution in [2.24, 2.45) is 0 Å². The number of pyridine rings is 1. The summed E-state index contributed by atoms with van der Waals surface area (Å²) < 4.78 is 5.99. The maximum absolute atomic E-state index is 13.8. The number of likely N-dealkylation sites (tertiary alicyclic amines) is 3. The summed E-state index contributed by atoms with van der Waals surface area (Å²) in [5.41, 5.74) is 9.55. The molecule has 1 aromatic carbocycles. The molecule has 0 saturated carbocycles. The van der Waals surface area contributed by atoms with E-state index in [1.165, 1.54) is 12.8 Å². The number of piperidine rings is 1. The van der Waals surface area contributed by atoms with Crippen molar-refractivity contribution in [3.63, 3.8) is 0 Å². The predicted octanol–water partition coefficient (Wildman–Crippen LogP) is 3.27. The van der Waals surface area contributed by atoms with Gasteiger partial charge >= 0.3 is 12.1 Å². The number of nitrogen functional groups attached to an aromatic ring is 1. The Morgan fingerprint density at radius 3 is 2.51 bits per heavy atom. The van der Waals surface area contributed by atoms with Crippen LogP contribution >= 0.6 is 0 Å². The Morgan fingerprint density at radius 1 is 1.02 bits per heavy atom. The zero-order chi connectivity index (χ0) is 29.9. The average Bonchev–Trinajstić information content (AvgIpc) is 3.69. The summed E-state index contributed by atoms with van der Waals surface area (Å²) in [6.07, 6.45) is 5.93. The molecule has 4 aliphatic rings. The summed E-state index contributed by atoms with van der Waals surface area (Å²) in [4.78, 5) is 52.5. The van der Waals surface area contributed by atoms with E-state index in [-0.39, 0.29) is 24.4 Å². The van der Waals surface area contributed by atoms with Crippen LogP contribution in [0.5, 0.6) is 0 Å². The number of carbonyl (C=O) groups is 3. The number of aryl methyl sites for hydroxylation is 1. The Labute approximate surface area is 253 Å². The van der Waals surface area contributed by atoms with Gasteiger partial charge < -0.3 is 30.5 Å². The summed E-state index contributed by atoms with van der Waals surface area (Å²) in [7, 11) is 0. The van der Waals surface area contributed by atoms with Crippen LogP contribution in [0.1, 0.15) is 48.8 Å². The number of urea groups is 1. The van der Waals surface area contributed by atoms with Crippen molar-refractivity contribution in [3.05, 3.63) is 53.2 Å². The monoisotopic (exact) mass is 589 g/mol. The fourth-order valence-electron chi connectivity index (χ4n) is 6.99. The lowest BCUT2D eigenvalue weighted by Crippen LogP contribution is -2.51. The van der Waals surface area contributed by atoms with E-state index in [1.807, 2.05) is 47.1 Å². The molecule has 43 heavy (non-hydrogen) atoms. The van der Waals surface area contributed by atoms with Crippen LogP contribution in [0.15, 0.2) is 36.5 Å². The molecule has 5 heterocycles. The second-order valence-electron chi connectivity index (χ2n) is 12.3. The summed E-state index contributed by atoms with van der Waals surface area (Å²) in [6.45, 7) is 6.95. The molecular formula is C32H43N7O4. The van der Waals surface area contributed by atoms with Crippen molar-refractivity contribution in [1.29, 1.82) is 0 Å². The molecule has 11 nitrogen and oxygen atoms in total. The Balaban J connectivity index is 1.08. The molecule has 230 valence electrons. The van der Waals surface area contributed by atoms with Crippen LogP contribution in [0.4, 0.5) is 21.1 Å². The number of benzene rings is 1. The molecule has 2 aromatic rings. The van der Waals surface area contributed by atoms with Gasteiger partial charge in [-0.25, -0.2) is 14.6 Å². The van der Waals surface area contributed by atoms with Crippen LogP contribution < -0.4 is 11.1 Å². The Kier molecular flexibility index (Phi) is 8.69. The molecule has 6 rings (SSSR count). The molecule has 4 amide bonds. The third-order valence-electron chi connectivity index (χ3n) is 9.55. The van der Waals surface area contributed by atoms with Gasteiger partial charge in [0.05, 0.1) is 0 Å². The number of hydrogen-bond acceptors (Lipinski definition) is 7. The van der Waals surface area contributed by atoms with E-state index in [9.17, 15) is 14.4 Å². The van der Waals surface area contributed by atoms with Crippen LogP contribution in [0, 0.1) is 6.92 Å². The molecule has 2 unspecified atom stereocenters. The summed E-state index contributed by atoms with van der Waals surface area (Å²) >= 11 is 0. The first-order valence-electron chi connectivity index (χ1n) is 15.7. The molecule has 1 aromatic heterocycles. The van der Waals surface area contributed by atoms with Gasteiger partial charge in [0.1, 0.15) is 5.82 Å². The highest BCUT2D eigenvalue weighted by atomic mass is 16.6. The number of amides is 4. The lowest BCUT2D eigenvalue weighted by atomic mass is 10.0. The van der Waals surface area contributed by atoms with E-state index in [1.54, 1.807) is 11.1 Å². The molecule has 0 radical (unpaired) electrons. The zero-order valence-corrected chi connectivity index (χ0v) is 25.0. The van der Waals surface area contributed by atoms with Gasteiger partial charge in [-0.1, -0.05) is 24.3 Å². The summed E-state index contributed by atoms with van der Waals surface area (Å²) in [5, 5.41) is 3.04. The van der Waals surface area contributed by atoms with Gasteiger partial charge in [-0.3, -0.25) is 9.69 Å². The number of fused-ring (bicyclic) bond motifs is 1. The van der Waals surface area contributed by atoms with Gasteiger partial charge in [0, 0.05) is 63.1 Å². The Morgan fingerprint density at radius 2 is 1.74 bits per heavy atom. The van der Waals surface area contributed by atoms with E-state index in [0.717, 1.165) is 48.3 Å². The summed E-state index contributed by atoms with van der Waals surface area (Å²) in [6, 6.07) is 10.1. The van der Waals surface area contributed by atoms with Crippen molar-refractivity contribution < 1.29 is 19.1 Å². The van der Waals surface area contributed by atoms with E-state index in [4.69, 9.17) is 10.5 Å². The molecule has 4 aliphatic heterocycles. The summed E-state index contributed by atoms with van der Waals surface area (Å²) in [5.74, 6) is 0.293. The SMILES string of the molecule is Cc1cc(CC(OC(=O)N2CCC(N3CCc4ccccc4NC3=O)CC2)C(=O)N2CCC(N3CCCC3)C2)cnc1N. The van der Waals surface area contributed by atoms with E-state index < -0.39 is 12.2 Å². The smallest absolute Gasteiger partial charge is 0.410 e. The normalized spacial score (nSPS) is 22.2. The molecule has 11 heteroatoms. The Hall–Kier alpha value is -3.86. The molecule has 0 spiro atoms. The quantitative estimate of drug-likeness (QED) is 0.530. The zero-order valence-electron chi connectivity index (χ0n) is 25.0. The van der Waals surface area contributed by atoms with Gasteiger partial charge in [0.25, 0.3) is 5.91 Å². The number of aromatic nitrogens is 1. The van der Waals surface area contributed by atoms with E-state index >= 15 is 0 Å². The minimum Gasteiger partial charge on any atom is -0.436 e. The minimum atomic E-state index is -0.942. The van der Waals surface area contributed by atoms with Crippen molar-refractivity contribution in [1.82, 2.24) is 24.6 Å². The molecule has 0 aliphatic carbocycles. The molecule has 3 saturated heterocycles. The molecule has 2 atom stereocenters. The average molecular weight is 590 g/mol. The molecule has 3 N–H and O–H groups in total. The highest BCUT2D eigenvalue weighted by molar-refractivity contribution is 5.91. The van der Waals surface area contributed by atoms with Crippen molar-refractivity contribution in [2.45, 2.75) is 70.1 Å². The largest absolute Gasteiger partial charge is 0.436 e. The number of carbonyl (C=O) groups excluding carboxylic acids is 3. The third-order valence-corrected chi connectivity index (χ3v) is 9.55. The molecular weight excluding hydrogens is 546 g/mol. The van der Waals surface area contributed by atoms with Crippen LogP contribution in [0.25, 0.3) is 0 Å². The van der Waals surface area contributed by atoms with Gasteiger partial charge in [-0.2, -0.15) is 0 Å². The van der Waals surface area contributed by atoms with E-state index in [0.29, 0.717) is 57.4 Å². The van der Waals surface area contributed by atoms with Crippen LogP contribution in [0.2, 0.25) is 0 Å².